The number of rotatable bonds is 20. The lowest BCUT2D eigenvalue weighted by molar-refractivity contribution is -0.142. The topological polar surface area (TPSA) is 220 Å². The Hall–Kier alpha value is -2.03. The first-order valence-electron chi connectivity index (χ1n) is 11.4. The number of carbonyl (C=O) groups excluding carboxylic acids is 4. The molecule has 0 spiro atoms. The molecule has 0 aromatic rings. The van der Waals surface area contributed by atoms with Gasteiger partial charge in [-0.2, -0.15) is 23.5 Å². The number of hydrogen-bond donors (Lipinski definition) is 7. The third kappa shape index (κ3) is 14.9. The van der Waals surface area contributed by atoms with Gasteiger partial charge in [0.2, 0.25) is 23.6 Å². The summed E-state index contributed by atoms with van der Waals surface area (Å²) in [6.45, 7) is 0.391. The molecule has 0 fully saturated rings. The van der Waals surface area contributed by atoms with Gasteiger partial charge in [0.25, 0.3) is 0 Å². The molecule has 0 aliphatic carbocycles. The summed E-state index contributed by atoms with van der Waals surface area (Å²) in [5.74, 6) is -2.54. The van der Waals surface area contributed by atoms with Gasteiger partial charge in [0.15, 0.2) is 0 Å². The summed E-state index contributed by atoms with van der Waals surface area (Å²) in [5.41, 5.74) is 16.5. The Balaban J connectivity index is 5.44. The highest BCUT2D eigenvalue weighted by molar-refractivity contribution is 7.98. The van der Waals surface area contributed by atoms with Crippen LogP contribution >= 0.6 is 23.5 Å². The third-order valence-corrected chi connectivity index (χ3v) is 6.38. The Morgan fingerprint density at radius 3 is 1.80 bits per heavy atom. The maximum atomic E-state index is 13.0. The van der Waals surface area contributed by atoms with Crippen LogP contribution in [0.15, 0.2) is 0 Å². The van der Waals surface area contributed by atoms with Gasteiger partial charge < -0.3 is 38.3 Å². The molecule has 0 heterocycles. The van der Waals surface area contributed by atoms with Gasteiger partial charge in [0, 0.05) is 6.42 Å². The highest BCUT2D eigenvalue weighted by Crippen LogP contribution is 2.07. The van der Waals surface area contributed by atoms with E-state index < -0.39 is 53.8 Å². The fourth-order valence-corrected chi connectivity index (χ4v) is 3.97. The van der Waals surface area contributed by atoms with E-state index in [1.165, 1.54) is 11.8 Å². The van der Waals surface area contributed by atoms with Gasteiger partial charge in [0.05, 0.1) is 6.04 Å². The molecular formula is C21H40N6O6S2. The van der Waals surface area contributed by atoms with E-state index in [0.29, 0.717) is 37.3 Å². The number of carboxylic acids is 1. The first kappa shape index (κ1) is 33.0. The first-order chi connectivity index (χ1) is 16.6. The number of hydrogen-bond acceptors (Lipinski definition) is 9. The van der Waals surface area contributed by atoms with Crippen LogP contribution in [0, 0.1) is 0 Å². The van der Waals surface area contributed by atoms with Crippen LogP contribution in [-0.2, 0) is 24.0 Å². The van der Waals surface area contributed by atoms with Crippen LogP contribution in [0.5, 0.6) is 0 Å². The van der Waals surface area contributed by atoms with Crippen molar-refractivity contribution in [2.45, 2.75) is 69.1 Å². The quantitative estimate of drug-likeness (QED) is 0.0916. The Morgan fingerprint density at radius 1 is 0.771 bits per heavy atom. The summed E-state index contributed by atoms with van der Waals surface area (Å²) in [6, 6.07) is -4.14. The maximum absolute atomic E-state index is 13.0. The zero-order chi connectivity index (χ0) is 26.8. The van der Waals surface area contributed by atoms with Gasteiger partial charge in [-0.3, -0.25) is 19.2 Å². The highest BCUT2D eigenvalue weighted by Gasteiger charge is 2.30. The van der Waals surface area contributed by atoms with Crippen LogP contribution in [0.3, 0.4) is 0 Å². The van der Waals surface area contributed by atoms with Crippen molar-refractivity contribution in [2.75, 3.05) is 30.6 Å². The van der Waals surface area contributed by atoms with Gasteiger partial charge in [-0.15, -0.1) is 0 Å². The first-order valence-corrected chi connectivity index (χ1v) is 14.2. The normalized spacial score (nSPS) is 14.3. The third-order valence-electron chi connectivity index (χ3n) is 5.09. The molecule has 0 rings (SSSR count). The predicted molar refractivity (Wildman–Crippen MR) is 139 cm³/mol. The number of thioether (sulfide) groups is 2. The minimum Gasteiger partial charge on any atom is -0.480 e. The number of carboxylic acid groups (broad SMARTS) is 1. The van der Waals surface area contributed by atoms with Crippen molar-refractivity contribution in [3.8, 4) is 0 Å². The van der Waals surface area contributed by atoms with Crippen molar-refractivity contribution >= 4 is 53.1 Å². The van der Waals surface area contributed by atoms with E-state index >= 15 is 0 Å². The summed E-state index contributed by atoms with van der Waals surface area (Å²) in [7, 11) is 0. The molecule has 202 valence electrons. The second-order valence-corrected chi connectivity index (χ2v) is 9.95. The summed E-state index contributed by atoms with van der Waals surface area (Å²) < 4.78 is 0. The molecule has 0 saturated carbocycles. The summed E-state index contributed by atoms with van der Waals surface area (Å²) >= 11 is 3.02. The summed E-state index contributed by atoms with van der Waals surface area (Å²) in [5, 5.41) is 17.0. The SMILES string of the molecule is CSCCC(N)C(=O)NC(CCSC)C(=O)NC(CCC(N)=O)C(=O)NC(CCCCN)C(=O)O. The Labute approximate surface area is 215 Å². The van der Waals surface area contributed by atoms with E-state index in [2.05, 4.69) is 16.0 Å². The molecule has 12 nitrogen and oxygen atoms in total. The van der Waals surface area contributed by atoms with E-state index in [4.69, 9.17) is 17.2 Å². The molecule has 0 aliphatic rings. The molecule has 4 atom stereocenters. The van der Waals surface area contributed by atoms with E-state index in [-0.39, 0.29) is 25.7 Å². The lowest BCUT2D eigenvalue weighted by atomic mass is 10.1. The predicted octanol–water partition coefficient (Wildman–Crippen LogP) is -1.25. The number of carbonyl (C=O) groups is 5. The number of unbranched alkanes of at least 4 members (excludes halogenated alkanes) is 1. The van der Waals surface area contributed by atoms with Crippen LogP contribution in [-0.4, -0.2) is 89.4 Å². The van der Waals surface area contributed by atoms with Gasteiger partial charge >= 0.3 is 5.97 Å². The molecule has 0 aromatic heterocycles. The summed E-state index contributed by atoms with van der Waals surface area (Å²) in [4.78, 5) is 61.2. The number of nitrogens with two attached hydrogens (primary N) is 3. The monoisotopic (exact) mass is 536 g/mol. The minimum atomic E-state index is -1.22. The molecule has 35 heavy (non-hydrogen) atoms. The van der Waals surface area contributed by atoms with E-state index in [1.807, 2.05) is 12.5 Å². The van der Waals surface area contributed by atoms with Crippen molar-refractivity contribution < 1.29 is 29.1 Å². The zero-order valence-corrected chi connectivity index (χ0v) is 22.1. The maximum Gasteiger partial charge on any atom is 0.326 e. The van der Waals surface area contributed by atoms with E-state index in [9.17, 15) is 29.1 Å². The molecule has 4 amide bonds. The van der Waals surface area contributed by atoms with Gasteiger partial charge in [-0.05, 0) is 69.1 Å². The number of nitrogens with one attached hydrogen (secondary N) is 3. The van der Waals surface area contributed by atoms with Crippen LogP contribution in [0.25, 0.3) is 0 Å². The second-order valence-electron chi connectivity index (χ2n) is 7.98. The summed E-state index contributed by atoms with van der Waals surface area (Å²) in [6.07, 6.45) is 5.38. The molecular weight excluding hydrogens is 496 g/mol. The van der Waals surface area contributed by atoms with Crippen molar-refractivity contribution in [2.24, 2.45) is 17.2 Å². The van der Waals surface area contributed by atoms with Crippen LogP contribution in [0.1, 0.15) is 44.9 Å². The van der Waals surface area contributed by atoms with E-state index in [0.717, 1.165) is 0 Å². The second kappa shape index (κ2) is 19.2. The molecule has 4 unspecified atom stereocenters. The Kier molecular flexibility index (Phi) is 18.1. The number of primary amides is 1. The smallest absolute Gasteiger partial charge is 0.326 e. The Morgan fingerprint density at radius 2 is 1.29 bits per heavy atom. The van der Waals surface area contributed by atoms with Gasteiger partial charge in [-0.1, -0.05) is 0 Å². The molecule has 0 aromatic carbocycles. The molecule has 0 bridgehead atoms. The van der Waals surface area contributed by atoms with Crippen LogP contribution in [0.2, 0.25) is 0 Å². The molecule has 0 aliphatic heterocycles. The van der Waals surface area contributed by atoms with Crippen molar-refractivity contribution in [3.05, 3.63) is 0 Å². The van der Waals surface area contributed by atoms with Crippen molar-refractivity contribution in [1.29, 1.82) is 0 Å². The number of amides is 4. The minimum absolute atomic E-state index is 0.127. The number of aliphatic carboxylic acids is 1. The lowest BCUT2D eigenvalue weighted by Crippen LogP contribution is -2.57. The fourth-order valence-electron chi connectivity index (χ4n) is 3.01. The highest BCUT2D eigenvalue weighted by atomic mass is 32.2. The molecule has 10 N–H and O–H groups in total. The van der Waals surface area contributed by atoms with Crippen molar-refractivity contribution in [3.63, 3.8) is 0 Å². The molecule has 0 saturated heterocycles. The largest absolute Gasteiger partial charge is 0.480 e. The average Bonchev–Trinajstić information content (AvgIpc) is 2.81. The van der Waals surface area contributed by atoms with Crippen molar-refractivity contribution in [1.82, 2.24) is 16.0 Å². The zero-order valence-electron chi connectivity index (χ0n) is 20.4. The standard InChI is InChI=1S/C21H40N6O6S2/c1-34-11-8-13(23)18(29)25-15(9-12-35-2)20(31)26-14(6-7-17(24)28)19(30)27-16(21(32)33)5-3-4-10-22/h13-16H,3-12,22-23H2,1-2H3,(H2,24,28)(H,25,29)(H,26,31)(H,27,30)(H,32,33). The van der Waals surface area contributed by atoms with Crippen LogP contribution < -0.4 is 33.2 Å². The van der Waals surface area contributed by atoms with Crippen LogP contribution in [0.4, 0.5) is 0 Å². The average molecular weight is 537 g/mol. The molecule has 0 radical (unpaired) electrons. The lowest BCUT2D eigenvalue weighted by Gasteiger charge is -2.25. The fraction of sp³-hybridized carbons (Fsp3) is 0.762. The van der Waals surface area contributed by atoms with Gasteiger partial charge in [0.1, 0.15) is 18.1 Å². The van der Waals surface area contributed by atoms with E-state index in [1.54, 1.807) is 11.8 Å². The van der Waals surface area contributed by atoms with Gasteiger partial charge in [-0.25, -0.2) is 4.79 Å². The molecule has 14 heteroatoms. The Bertz CT molecular complexity index is 699.